The van der Waals surface area contributed by atoms with Crippen LogP contribution in [-0.2, 0) is 24.7 Å². The van der Waals surface area contributed by atoms with Crippen molar-refractivity contribution in [3.8, 4) is 0 Å². The molecule has 0 radical (unpaired) electrons. The van der Waals surface area contributed by atoms with Crippen molar-refractivity contribution in [1.82, 2.24) is 9.55 Å². The molecule has 1 unspecified atom stereocenters. The smallest absolute Gasteiger partial charge is 0.262 e. The molecule has 1 aliphatic rings. The highest BCUT2D eigenvalue weighted by molar-refractivity contribution is 8.00. The molecule has 0 fully saturated rings. The van der Waals surface area contributed by atoms with Crippen molar-refractivity contribution in [2.75, 3.05) is 11.4 Å². The van der Waals surface area contributed by atoms with Gasteiger partial charge in [0, 0.05) is 24.2 Å². The van der Waals surface area contributed by atoms with Gasteiger partial charge in [0.2, 0.25) is 5.91 Å². The van der Waals surface area contributed by atoms with Gasteiger partial charge in [0.05, 0.1) is 10.6 Å². The SMILES string of the molecule is CCN(C(=O)C(C)Sc1nc2sc3c(c2c(=O)n1C)CCCC3)c1ccccc1. The summed E-state index contributed by atoms with van der Waals surface area (Å²) in [6.45, 7) is 4.45. The van der Waals surface area contributed by atoms with Crippen LogP contribution in [0.15, 0.2) is 40.3 Å². The van der Waals surface area contributed by atoms with Crippen LogP contribution in [0.3, 0.4) is 0 Å². The Morgan fingerprint density at radius 1 is 1.28 bits per heavy atom. The van der Waals surface area contributed by atoms with E-state index in [2.05, 4.69) is 0 Å². The molecule has 0 saturated heterocycles. The monoisotopic (exact) mass is 427 g/mol. The van der Waals surface area contributed by atoms with Crippen LogP contribution in [0.2, 0.25) is 0 Å². The van der Waals surface area contributed by atoms with Gasteiger partial charge in [0.1, 0.15) is 4.83 Å². The van der Waals surface area contributed by atoms with Gasteiger partial charge < -0.3 is 4.90 Å². The van der Waals surface area contributed by atoms with Crippen molar-refractivity contribution in [2.45, 2.75) is 49.9 Å². The second-order valence-corrected chi connectivity index (χ2v) is 9.72. The van der Waals surface area contributed by atoms with E-state index in [0.717, 1.165) is 35.2 Å². The van der Waals surface area contributed by atoms with Gasteiger partial charge in [-0.1, -0.05) is 30.0 Å². The summed E-state index contributed by atoms with van der Waals surface area (Å²) >= 11 is 3.01. The average molecular weight is 428 g/mol. The minimum absolute atomic E-state index is 0.00644. The van der Waals surface area contributed by atoms with E-state index in [9.17, 15) is 9.59 Å². The predicted octanol–water partition coefficient (Wildman–Crippen LogP) is 4.41. The first-order valence-corrected chi connectivity index (χ1v) is 11.7. The second-order valence-electron chi connectivity index (χ2n) is 7.33. The molecule has 0 N–H and O–H groups in total. The number of anilines is 1. The molecular weight excluding hydrogens is 402 g/mol. The zero-order valence-corrected chi connectivity index (χ0v) is 18.6. The summed E-state index contributed by atoms with van der Waals surface area (Å²) < 4.78 is 1.61. The number of aryl methyl sites for hydroxylation is 2. The van der Waals surface area contributed by atoms with Gasteiger partial charge in [-0.3, -0.25) is 14.2 Å². The fourth-order valence-corrected chi connectivity index (χ4v) is 6.11. The van der Waals surface area contributed by atoms with Crippen molar-refractivity contribution >= 4 is 44.9 Å². The highest BCUT2D eigenvalue weighted by atomic mass is 32.2. The lowest BCUT2D eigenvalue weighted by Gasteiger charge is -2.24. The summed E-state index contributed by atoms with van der Waals surface area (Å²) in [4.78, 5) is 34.9. The van der Waals surface area contributed by atoms with Crippen molar-refractivity contribution in [3.05, 3.63) is 51.1 Å². The summed E-state index contributed by atoms with van der Waals surface area (Å²) in [6, 6.07) is 9.68. The van der Waals surface area contributed by atoms with Gasteiger partial charge in [-0.2, -0.15) is 0 Å². The van der Waals surface area contributed by atoms with Crippen LogP contribution in [0.5, 0.6) is 0 Å². The molecular formula is C22H25N3O2S2. The number of hydrogen-bond acceptors (Lipinski definition) is 5. The van der Waals surface area contributed by atoms with Crippen LogP contribution < -0.4 is 10.5 Å². The molecule has 0 saturated carbocycles. The zero-order valence-electron chi connectivity index (χ0n) is 17.0. The molecule has 152 valence electrons. The Balaban J connectivity index is 1.64. The number of para-hydroxylation sites is 1. The third-order valence-electron chi connectivity index (χ3n) is 5.44. The van der Waals surface area contributed by atoms with Crippen molar-refractivity contribution in [3.63, 3.8) is 0 Å². The lowest BCUT2D eigenvalue weighted by Crippen LogP contribution is -2.36. The number of carbonyl (C=O) groups is 1. The number of thioether (sulfide) groups is 1. The summed E-state index contributed by atoms with van der Waals surface area (Å²) in [5.74, 6) is 0.0171. The zero-order chi connectivity index (χ0) is 20.5. The van der Waals surface area contributed by atoms with Crippen LogP contribution in [0.25, 0.3) is 10.2 Å². The van der Waals surface area contributed by atoms with Gasteiger partial charge in [-0.15, -0.1) is 11.3 Å². The first-order chi connectivity index (χ1) is 14.0. The van der Waals surface area contributed by atoms with E-state index >= 15 is 0 Å². The van der Waals surface area contributed by atoms with Gasteiger partial charge in [-0.05, 0) is 57.2 Å². The molecule has 0 bridgehead atoms. The number of rotatable bonds is 5. The van der Waals surface area contributed by atoms with E-state index in [1.807, 2.05) is 44.2 Å². The lowest BCUT2D eigenvalue weighted by molar-refractivity contribution is -0.117. The Morgan fingerprint density at radius 2 is 2.00 bits per heavy atom. The average Bonchev–Trinajstić information content (AvgIpc) is 3.11. The van der Waals surface area contributed by atoms with Crippen LogP contribution >= 0.6 is 23.1 Å². The van der Waals surface area contributed by atoms with Crippen molar-refractivity contribution in [1.29, 1.82) is 0 Å². The largest absolute Gasteiger partial charge is 0.312 e. The minimum atomic E-state index is -0.347. The standard InChI is InChI=1S/C22H25N3O2S2/c1-4-25(15-10-6-5-7-11-15)20(26)14(2)28-22-23-19-18(21(27)24(22)3)16-12-8-9-13-17(16)29-19/h5-7,10-11,14H,4,8-9,12-13H2,1-3H3. The molecule has 0 spiro atoms. The molecule has 7 heteroatoms. The Bertz CT molecular complexity index is 1100. The molecule has 2 heterocycles. The third kappa shape index (κ3) is 3.73. The normalized spacial score (nSPS) is 14.6. The maximum absolute atomic E-state index is 13.1. The highest BCUT2D eigenvalue weighted by Gasteiger charge is 2.25. The van der Waals surface area contributed by atoms with E-state index in [4.69, 9.17) is 4.98 Å². The number of hydrogen-bond donors (Lipinski definition) is 0. The van der Waals surface area contributed by atoms with Crippen LogP contribution in [0.4, 0.5) is 5.69 Å². The number of aromatic nitrogens is 2. The molecule has 2 aromatic heterocycles. The molecule has 5 nitrogen and oxygen atoms in total. The first kappa shape index (κ1) is 20.2. The minimum Gasteiger partial charge on any atom is -0.312 e. The Labute approximate surface area is 178 Å². The summed E-state index contributed by atoms with van der Waals surface area (Å²) in [5.41, 5.74) is 2.09. The number of nitrogens with zero attached hydrogens (tertiary/aromatic N) is 3. The predicted molar refractivity (Wildman–Crippen MR) is 121 cm³/mol. The number of thiophene rings is 1. The van der Waals surface area contributed by atoms with Crippen LogP contribution in [-0.4, -0.2) is 27.3 Å². The number of amides is 1. The van der Waals surface area contributed by atoms with Crippen molar-refractivity contribution in [2.24, 2.45) is 7.05 Å². The second kappa shape index (κ2) is 8.32. The van der Waals surface area contributed by atoms with Crippen LogP contribution in [0.1, 0.15) is 37.1 Å². The van der Waals surface area contributed by atoms with E-state index in [0.29, 0.717) is 11.7 Å². The van der Waals surface area contributed by atoms with Gasteiger partial charge in [0.15, 0.2) is 5.16 Å². The molecule has 0 aliphatic heterocycles. The number of fused-ring (bicyclic) bond motifs is 3. The Morgan fingerprint density at radius 3 is 2.72 bits per heavy atom. The topological polar surface area (TPSA) is 55.2 Å². The van der Waals surface area contributed by atoms with Gasteiger partial charge in [0.25, 0.3) is 5.56 Å². The fourth-order valence-electron chi connectivity index (χ4n) is 3.87. The third-order valence-corrected chi connectivity index (χ3v) is 7.75. The van der Waals surface area contributed by atoms with Gasteiger partial charge in [-0.25, -0.2) is 4.98 Å². The molecule has 1 amide bonds. The van der Waals surface area contributed by atoms with Gasteiger partial charge >= 0.3 is 0 Å². The number of benzene rings is 1. The quantitative estimate of drug-likeness (QED) is 0.447. The van der Waals surface area contributed by atoms with Crippen molar-refractivity contribution < 1.29 is 4.79 Å². The summed E-state index contributed by atoms with van der Waals surface area (Å²) in [7, 11) is 1.76. The molecule has 3 aromatic rings. The molecule has 1 atom stereocenters. The summed E-state index contributed by atoms with van der Waals surface area (Å²) in [5, 5.41) is 1.04. The highest BCUT2D eigenvalue weighted by Crippen LogP contribution is 2.35. The summed E-state index contributed by atoms with van der Waals surface area (Å²) in [6.07, 6.45) is 4.32. The fraction of sp³-hybridized carbons (Fsp3) is 0.409. The first-order valence-electron chi connectivity index (χ1n) is 10.1. The van der Waals surface area contributed by atoms with E-state index in [1.54, 1.807) is 27.9 Å². The lowest BCUT2D eigenvalue weighted by atomic mass is 9.97. The molecule has 4 rings (SSSR count). The van der Waals surface area contributed by atoms with E-state index in [1.165, 1.54) is 28.6 Å². The maximum Gasteiger partial charge on any atom is 0.262 e. The maximum atomic E-state index is 13.1. The number of carbonyl (C=O) groups excluding carboxylic acids is 1. The molecule has 1 aliphatic carbocycles. The van der Waals surface area contributed by atoms with E-state index in [-0.39, 0.29) is 16.7 Å². The Hall–Kier alpha value is -2.12. The molecule has 1 aromatic carbocycles. The van der Waals surface area contributed by atoms with Crippen LogP contribution in [0, 0.1) is 0 Å². The Kier molecular flexibility index (Phi) is 5.79. The molecule has 29 heavy (non-hydrogen) atoms. The van der Waals surface area contributed by atoms with E-state index < -0.39 is 0 Å².